The van der Waals surface area contributed by atoms with Gasteiger partial charge < -0.3 is 15.4 Å². The lowest BCUT2D eigenvalue weighted by atomic mass is 10.1. The molecule has 1 aromatic heterocycles. The number of carbonyl (C=O) groups excluding carboxylic acids is 1. The zero-order valence-corrected chi connectivity index (χ0v) is 11.6. The number of nitrogens with one attached hydrogen (secondary N) is 2. The van der Waals surface area contributed by atoms with Crippen molar-refractivity contribution in [2.24, 2.45) is 0 Å². The van der Waals surface area contributed by atoms with E-state index in [0.29, 0.717) is 13.2 Å². The van der Waals surface area contributed by atoms with Gasteiger partial charge in [-0.2, -0.15) is 0 Å². The molecule has 2 N–H and O–H groups in total. The zero-order valence-electron chi connectivity index (χ0n) is 11.6. The molecule has 1 fully saturated rings. The van der Waals surface area contributed by atoms with E-state index in [1.54, 1.807) is 0 Å². The number of amides is 1. The highest BCUT2D eigenvalue weighted by molar-refractivity contribution is 5.95. The zero-order chi connectivity index (χ0) is 14.4. The average Bonchev–Trinajstić information content (AvgIpc) is 2.47. The van der Waals surface area contributed by atoms with Crippen LogP contribution in [0.2, 0.25) is 0 Å². The lowest BCUT2D eigenvalue weighted by molar-refractivity contribution is 0.0622. The lowest BCUT2D eigenvalue weighted by Crippen LogP contribution is -2.41. The quantitative estimate of drug-likeness (QED) is 0.866. The first kappa shape index (κ1) is 14.7. The molecule has 1 saturated heterocycles. The van der Waals surface area contributed by atoms with Crippen LogP contribution in [0.3, 0.4) is 0 Å². The van der Waals surface area contributed by atoms with Crippen LogP contribution in [0.15, 0.2) is 12.3 Å². The van der Waals surface area contributed by atoms with Crippen molar-refractivity contribution in [2.75, 3.05) is 25.1 Å². The Morgan fingerprint density at radius 1 is 1.60 bits per heavy atom. The van der Waals surface area contributed by atoms with Gasteiger partial charge in [-0.15, -0.1) is 0 Å². The molecular formula is C14H20FN3O2. The highest BCUT2D eigenvalue weighted by Crippen LogP contribution is 2.16. The number of halogens is 1. The van der Waals surface area contributed by atoms with Gasteiger partial charge in [-0.25, -0.2) is 9.37 Å². The van der Waals surface area contributed by atoms with Gasteiger partial charge in [0.15, 0.2) is 11.6 Å². The van der Waals surface area contributed by atoms with Crippen LogP contribution in [0.25, 0.3) is 0 Å². The first-order chi connectivity index (χ1) is 9.72. The summed E-state index contributed by atoms with van der Waals surface area (Å²) in [6.45, 7) is 3.80. The Balaban J connectivity index is 2.04. The molecule has 1 atom stereocenters. The second-order valence-corrected chi connectivity index (χ2v) is 4.84. The number of pyridine rings is 1. The van der Waals surface area contributed by atoms with Gasteiger partial charge >= 0.3 is 0 Å². The van der Waals surface area contributed by atoms with Gasteiger partial charge in [0.2, 0.25) is 0 Å². The summed E-state index contributed by atoms with van der Waals surface area (Å²) in [5.41, 5.74) is 0.0178. The van der Waals surface area contributed by atoms with Crippen molar-refractivity contribution in [1.82, 2.24) is 10.3 Å². The van der Waals surface area contributed by atoms with E-state index in [2.05, 4.69) is 15.6 Å². The van der Waals surface area contributed by atoms with E-state index in [4.69, 9.17) is 4.74 Å². The summed E-state index contributed by atoms with van der Waals surface area (Å²) in [5, 5.41) is 5.67. The Kier molecular flexibility index (Phi) is 5.29. The largest absolute Gasteiger partial charge is 0.379 e. The van der Waals surface area contributed by atoms with Crippen molar-refractivity contribution >= 4 is 11.7 Å². The maximum atomic E-state index is 14.2. The average molecular weight is 281 g/mol. The van der Waals surface area contributed by atoms with Gasteiger partial charge in [0.25, 0.3) is 5.91 Å². The summed E-state index contributed by atoms with van der Waals surface area (Å²) < 4.78 is 19.5. The fraction of sp³-hybridized carbons (Fsp3) is 0.571. The minimum absolute atomic E-state index is 0.0178. The van der Waals surface area contributed by atoms with E-state index in [1.807, 2.05) is 6.92 Å². The molecule has 2 rings (SSSR count). The second-order valence-electron chi connectivity index (χ2n) is 4.84. The minimum Gasteiger partial charge on any atom is -0.379 e. The minimum atomic E-state index is -0.602. The Morgan fingerprint density at radius 3 is 3.15 bits per heavy atom. The number of carbonyl (C=O) groups is 1. The monoisotopic (exact) mass is 281 g/mol. The summed E-state index contributed by atoms with van der Waals surface area (Å²) >= 11 is 0. The molecule has 1 aliphatic heterocycles. The van der Waals surface area contributed by atoms with Crippen LogP contribution in [0, 0.1) is 5.82 Å². The molecule has 1 unspecified atom stereocenters. The van der Waals surface area contributed by atoms with Crippen LogP contribution < -0.4 is 10.6 Å². The van der Waals surface area contributed by atoms with E-state index >= 15 is 0 Å². The number of hydrogen-bond acceptors (Lipinski definition) is 4. The van der Waals surface area contributed by atoms with Crippen molar-refractivity contribution < 1.29 is 13.9 Å². The molecular weight excluding hydrogens is 261 g/mol. The lowest BCUT2D eigenvalue weighted by Gasteiger charge is -2.23. The number of anilines is 1. The Labute approximate surface area is 117 Å². The molecule has 0 bridgehead atoms. The molecule has 0 aliphatic carbocycles. The third-order valence-electron chi connectivity index (χ3n) is 3.17. The maximum Gasteiger partial charge on any atom is 0.254 e. The van der Waals surface area contributed by atoms with Crippen molar-refractivity contribution in [1.29, 1.82) is 0 Å². The van der Waals surface area contributed by atoms with Crippen LogP contribution >= 0.6 is 0 Å². The summed E-state index contributed by atoms with van der Waals surface area (Å²) in [5.74, 6) is -0.894. The van der Waals surface area contributed by atoms with Gasteiger partial charge in [-0.3, -0.25) is 4.79 Å². The second kappa shape index (κ2) is 7.19. The molecule has 20 heavy (non-hydrogen) atoms. The molecule has 110 valence electrons. The van der Waals surface area contributed by atoms with Gasteiger partial charge in [-0.1, -0.05) is 6.92 Å². The molecule has 1 amide bonds. The Morgan fingerprint density at radius 2 is 2.45 bits per heavy atom. The van der Waals surface area contributed by atoms with Crippen molar-refractivity contribution in [3.63, 3.8) is 0 Å². The highest BCUT2D eigenvalue weighted by atomic mass is 19.1. The molecule has 0 saturated carbocycles. The smallest absolute Gasteiger partial charge is 0.254 e. The van der Waals surface area contributed by atoms with Crippen LogP contribution in [0.5, 0.6) is 0 Å². The molecule has 0 aromatic carbocycles. The maximum absolute atomic E-state index is 14.2. The van der Waals surface area contributed by atoms with Crippen LogP contribution in [-0.2, 0) is 4.74 Å². The number of aromatic nitrogens is 1. The SMILES string of the molecule is CCCNc1nccc(C(=O)NC2CCCOC2)c1F. The molecule has 1 aromatic rings. The number of rotatable bonds is 5. The van der Waals surface area contributed by atoms with Gasteiger partial charge in [-0.05, 0) is 25.3 Å². The third kappa shape index (κ3) is 3.66. The molecule has 6 heteroatoms. The Bertz CT molecular complexity index is 462. The van der Waals surface area contributed by atoms with E-state index in [0.717, 1.165) is 25.9 Å². The van der Waals surface area contributed by atoms with Crippen LogP contribution in [0.4, 0.5) is 10.2 Å². The third-order valence-corrected chi connectivity index (χ3v) is 3.17. The van der Waals surface area contributed by atoms with E-state index in [9.17, 15) is 9.18 Å². The molecule has 5 nitrogen and oxygen atoms in total. The number of nitrogens with zero attached hydrogens (tertiary/aromatic N) is 1. The fourth-order valence-corrected chi connectivity index (χ4v) is 2.10. The predicted molar refractivity (Wildman–Crippen MR) is 74.3 cm³/mol. The topological polar surface area (TPSA) is 63.2 Å². The van der Waals surface area contributed by atoms with Crippen LogP contribution in [0.1, 0.15) is 36.5 Å². The van der Waals surface area contributed by atoms with Gasteiger partial charge in [0.05, 0.1) is 18.2 Å². The normalized spacial score (nSPS) is 18.6. The van der Waals surface area contributed by atoms with E-state index in [-0.39, 0.29) is 17.4 Å². The molecule has 0 spiro atoms. The van der Waals surface area contributed by atoms with Crippen molar-refractivity contribution in [2.45, 2.75) is 32.2 Å². The Hall–Kier alpha value is -1.69. The number of ether oxygens (including phenoxy) is 1. The van der Waals surface area contributed by atoms with E-state index < -0.39 is 11.7 Å². The van der Waals surface area contributed by atoms with Crippen molar-refractivity contribution in [3.8, 4) is 0 Å². The summed E-state index contributed by atoms with van der Waals surface area (Å²) in [6.07, 6.45) is 4.07. The predicted octanol–water partition coefficient (Wildman–Crippen LogP) is 1.95. The van der Waals surface area contributed by atoms with Gasteiger partial charge in [0.1, 0.15) is 0 Å². The van der Waals surface area contributed by atoms with Crippen LogP contribution in [-0.4, -0.2) is 36.7 Å². The van der Waals surface area contributed by atoms with Gasteiger partial charge in [0, 0.05) is 19.3 Å². The molecule has 2 heterocycles. The summed E-state index contributed by atoms with van der Waals surface area (Å²) in [4.78, 5) is 16.0. The fourth-order valence-electron chi connectivity index (χ4n) is 2.10. The van der Waals surface area contributed by atoms with Crippen molar-refractivity contribution in [3.05, 3.63) is 23.6 Å². The molecule has 0 radical (unpaired) electrons. The first-order valence-electron chi connectivity index (χ1n) is 6.99. The molecule has 1 aliphatic rings. The van der Waals surface area contributed by atoms with E-state index in [1.165, 1.54) is 12.3 Å². The standard InChI is InChI=1S/C14H20FN3O2/c1-2-6-16-13-12(15)11(5-7-17-13)14(19)18-10-4-3-8-20-9-10/h5,7,10H,2-4,6,8-9H2,1H3,(H,16,17)(H,18,19). The number of hydrogen-bond donors (Lipinski definition) is 2. The summed E-state index contributed by atoms with van der Waals surface area (Å²) in [7, 11) is 0. The first-order valence-corrected chi connectivity index (χ1v) is 6.99. The highest BCUT2D eigenvalue weighted by Gasteiger charge is 2.20. The summed E-state index contributed by atoms with van der Waals surface area (Å²) in [6, 6.07) is 1.35.